The van der Waals surface area contributed by atoms with Crippen molar-refractivity contribution in [2.75, 3.05) is 19.8 Å². The molecular formula is C8H15NO. The highest BCUT2D eigenvalue weighted by molar-refractivity contribution is 4.82. The maximum Gasteiger partial charge on any atom is 0.0507 e. The molecule has 1 atom stereocenters. The standard InChI is InChI=1S/C8H15NO/c1-2-8(1)9-5-7-3-4-10-6-7/h7-9H,1-6H2/t7-/m1/s1. The molecule has 0 aromatic carbocycles. The summed E-state index contributed by atoms with van der Waals surface area (Å²) >= 11 is 0. The van der Waals surface area contributed by atoms with E-state index in [-0.39, 0.29) is 0 Å². The second kappa shape index (κ2) is 2.89. The Balaban J connectivity index is 1.59. The Hall–Kier alpha value is -0.0800. The zero-order valence-corrected chi connectivity index (χ0v) is 6.31. The average molecular weight is 141 g/mol. The van der Waals surface area contributed by atoms with Gasteiger partial charge in [0.25, 0.3) is 0 Å². The van der Waals surface area contributed by atoms with Crippen LogP contribution in [0.5, 0.6) is 0 Å². The van der Waals surface area contributed by atoms with E-state index in [1.54, 1.807) is 0 Å². The van der Waals surface area contributed by atoms with Crippen molar-refractivity contribution >= 4 is 0 Å². The smallest absolute Gasteiger partial charge is 0.0507 e. The Labute approximate surface area is 61.9 Å². The first-order chi connectivity index (χ1) is 4.95. The van der Waals surface area contributed by atoms with E-state index in [1.165, 1.54) is 25.8 Å². The third-order valence-corrected chi connectivity index (χ3v) is 2.30. The maximum atomic E-state index is 5.27. The lowest BCUT2D eigenvalue weighted by Crippen LogP contribution is -2.24. The van der Waals surface area contributed by atoms with Crippen LogP contribution in [0.3, 0.4) is 0 Å². The van der Waals surface area contributed by atoms with Gasteiger partial charge < -0.3 is 10.1 Å². The first-order valence-corrected chi connectivity index (χ1v) is 4.26. The summed E-state index contributed by atoms with van der Waals surface area (Å²) in [6.07, 6.45) is 4.06. The fourth-order valence-corrected chi connectivity index (χ4v) is 1.37. The predicted octanol–water partition coefficient (Wildman–Crippen LogP) is 0.775. The SMILES string of the molecule is C1C[C@H](CNC2CC2)CO1. The second-order valence-corrected chi connectivity index (χ2v) is 3.41. The van der Waals surface area contributed by atoms with Crippen LogP contribution in [-0.2, 0) is 4.74 Å². The molecule has 0 aromatic rings. The van der Waals surface area contributed by atoms with Crippen LogP contribution in [0.25, 0.3) is 0 Å². The molecule has 1 N–H and O–H groups in total. The van der Waals surface area contributed by atoms with Gasteiger partial charge in [0.15, 0.2) is 0 Å². The fraction of sp³-hybridized carbons (Fsp3) is 1.00. The number of nitrogens with one attached hydrogen (secondary N) is 1. The van der Waals surface area contributed by atoms with Crippen LogP contribution in [-0.4, -0.2) is 25.8 Å². The van der Waals surface area contributed by atoms with Gasteiger partial charge in [-0.15, -0.1) is 0 Å². The molecule has 0 radical (unpaired) electrons. The molecule has 1 aliphatic carbocycles. The molecule has 2 heteroatoms. The van der Waals surface area contributed by atoms with E-state index in [4.69, 9.17) is 4.74 Å². The summed E-state index contributed by atoms with van der Waals surface area (Å²) in [6.45, 7) is 3.15. The Morgan fingerprint density at radius 2 is 2.20 bits per heavy atom. The van der Waals surface area contributed by atoms with Crippen LogP contribution in [0, 0.1) is 5.92 Å². The summed E-state index contributed by atoms with van der Waals surface area (Å²) in [6, 6.07) is 0.862. The van der Waals surface area contributed by atoms with Crippen molar-refractivity contribution in [1.82, 2.24) is 5.32 Å². The number of rotatable bonds is 3. The molecule has 0 aromatic heterocycles. The Morgan fingerprint density at radius 1 is 1.30 bits per heavy atom. The molecule has 2 aliphatic rings. The quantitative estimate of drug-likeness (QED) is 0.627. The van der Waals surface area contributed by atoms with Crippen LogP contribution in [0.4, 0.5) is 0 Å². The van der Waals surface area contributed by atoms with Crippen molar-refractivity contribution in [3.05, 3.63) is 0 Å². The molecule has 1 saturated carbocycles. The van der Waals surface area contributed by atoms with Gasteiger partial charge in [0.2, 0.25) is 0 Å². The highest BCUT2D eigenvalue weighted by Crippen LogP contribution is 2.20. The topological polar surface area (TPSA) is 21.3 Å². The molecule has 10 heavy (non-hydrogen) atoms. The summed E-state index contributed by atoms with van der Waals surface area (Å²) < 4.78 is 5.27. The van der Waals surface area contributed by atoms with Crippen molar-refractivity contribution in [1.29, 1.82) is 0 Å². The van der Waals surface area contributed by atoms with Crippen molar-refractivity contribution < 1.29 is 4.74 Å². The molecule has 2 rings (SSSR count). The largest absolute Gasteiger partial charge is 0.381 e. The van der Waals surface area contributed by atoms with E-state index in [0.29, 0.717) is 0 Å². The molecule has 0 bridgehead atoms. The molecule has 2 fully saturated rings. The van der Waals surface area contributed by atoms with E-state index in [0.717, 1.165) is 25.2 Å². The van der Waals surface area contributed by atoms with Gasteiger partial charge in [-0.1, -0.05) is 0 Å². The van der Waals surface area contributed by atoms with Crippen molar-refractivity contribution in [3.63, 3.8) is 0 Å². The lowest BCUT2D eigenvalue weighted by molar-refractivity contribution is 0.185. The Morgan fingerprint density at radius 3 is 2.80 bits per heavy atom. The molecule has 1 aliphatic heterocycles. The summed E-state index contributed by atoms with van der Waals surface area (Å²) in [5, 5.41) is 3.52. The van der Waals surface area contributed by atoms with Gasteiger partial charge in [-0.25, -0.2) is 0 Å². The molecule has 0 spiro atoms. The highest BCUT2D eigenvalue weighted by Gasteiger charge is 2.23. The van der Waals surface area contributed by atoms with E-state index in [2.05, 4.69) is 5.32 Å². The van der Waals surface area contributed by atoms with E-state index >= 15 is 0 Å². The summed E-state index contributed by atoms with van der Waals surface area (Å²) in [4.78, 5) is 0. The first-order valence-electron chi connectivity index (χ1n) is 4.26. The van der Waals surface area contributed by atoms with Crippen LogP contribution in [0.2, 0.25) is 0 Å². The molecule has 1 saturated heterocycles. The van der Waals surface area contributed by atoms with Crippen molar-refractivity contribution in [2.45, 2.75) is 25.3 Å². The third-order valence-electron chi connectivity index (χ3n) is 2.30. The van der Waals surface area contributed by atoms with Gasteiger partial charge in [0.05, 0.1) is 6.61 Å². The molecule has 58 valence electrons. The van der Waals surface area contributed by atoms with Gasteiger partial charge >= 0.3 is 0 Å². The van der Waals surface area contributed by atoms with Crippen LogP contribution >= 0.6 is 0 Å². The predicted molar refractivity (Wildman–Crippen MR) is 40.0 cm³/mol. The molecular weight excluding hydrogens is 126 g/mol. The minimum Gasteiger partial charge on any atom is -0.381 e. The van der Waals surface area contributed by atoms with Gasteiger partial charge in [-0.3, -0.25) is 0 Å². The van der Waals surface area contributed by atoms with Gasteiger partial charge in [0.1, 0.15) is 0 Å². The third kappa shape index (κ3) is 1.70. The van der Waals surface area contributed by atoms with Crippen LogP contribution in [0.15, 0.2) is 0 Å². The fourth-order valence-electron chi connectivity index (χ4n) is 1.37. The van der Waals surface area contributed by atoms with Gasteiger partial charge in [-0.05, 0) is 25.2 Å². The summed E-state index contributed by atoms with van der Waals surface area (Å²) in [5.74, 6) is 0.806. The van der Waals surface area contributed by atoms with Crippen molar-refractivity contribution in [3.8, 4) is 0 Å². The Bertz CT molecular complexity index is 106. The maximum absolute atomic E-state index is 5.27. The zero-order valence-electron chi connectivity index (χ0n) is 6.31. The van der Waals surface area contributed by atoms with Gasteiger partial charge in [0, 0.05) is 19.2 Å². The molecule has 1 heterocycles. The molecule has 2 nitrogen and oxygen atoms in total. The number of hydrogen-bond donors (Lipinski definition) is 1. The lowest BCUT2D eigenvalue weighted by Gasteiger charge is -2.06. The summed E-state index contributed by atoms with van der Waals surface area (Å²) in [5.41, 5.74) is 0. The van der Waals surface area contributed by atoms with Crippen LogP contribution in [0.1, 0.15) is 19.3 Å². The van der Waals surface area contributed by atoms with Crippen LogP contribution < -0.4 is 5.32 Å². The van der Waals surface area contributed by atoms with E-state index in [9.17, 15) is 0 Å². The van der Waals surface area contributed by atoms with E-state index in [1.807, 2.05) is 0 Å². The minimum atomic E-state index is 0.806. The number of ether oxygens (including phenoxy) is 1. The summed E-state index contributed by atoms with van der Waals surface area (Å²) in [7, 11) is 0. The first kappa shape index (κ1) is 6.62. The number of hydrogen-bond acceptors (Lipinski definition) is 2. The average Bonchev–Trinajstić information content (AvgIpc) is 2.63. The monoisotopic (exact) mass is 141 g/mol. The normalized spacial score (nSPS) is 33.0. The van der Waals surface area contributed by atoms with Gasteiger partial charge in [-0.2, -0.15) is 0 Å². The molecule has 0 amide bonds. The highest BCUT2D eigenvalue weighted by atomic mass is 16.5. The van der Waals surface area contributed by atoms with E-state index < -0.39 is 0 Å². The molecule has 0 unspecified atom stereocenters. The Kier molecular flexibility index (Phi) is 1.91. The van der Waals surface area contributed by atoms with Crippen molar-refractivity contribution in [2.24, 2.45) is 5.92 Å². The zero-order chi connectivity index (χ0) is 6.81. The minimum absolute atomic E-state index is 0.806. The second-order valence-electron chi connectivity index (χ2n) is 3.41. The lowest BCUT2D eigenvalue weighted by atomic mass is 10.1.